The maximum Gasteiger partial charge on any atom is 0.253 e. The summed E-state index contributed by atoms with van der Waals surface area (Å²) in [5, 5.41) is 1.05. The first kappa shape index (κ1) is 19.0. The third-order valence-electron chi connectivity index (χ3n) is 6.32. The highest BCUT2D eigenvalue weighted by Gasteiger charge is 2.50. The number of nitrogens with one attached hydrogen (secondary N) is 1. The second kappa shape index (κ2) is 7.24. The Hall–Kier alpha value is -2.34. The molecular formula is C22H30N4O2. The highest BCUT2D eigenvalue weighted by molar-refractivity contribution is 5.98. The molecule has 0 radical (unpaired) electrons. The molecule has 2 aliphatic heterocycles. The van der Waals surface area contributed by atoms with Crippen molar-refractivity contribution in [1.29, 1.82) is 0 Å². The van der Waals surface area contributed by atoms with E-state index < -0.39 is 5.54 Å². The maximum atomic E-state index is 13.1. The van der Waals surface area contributed by atoms with Crippen LogP contribution in [0.1, 0.15) is 37.0 Å². The minimum atomic E-state index is -0.446. The first-order chi connectivity index (χ1) is 13.4. The molecule has 6 heteroatoms. The number of amides is 2. The number of H-pyrrole nitrogens is 1. The van der Waals surface area contributed by atoms with Crippen LogP contribution in [0, 0.1) is 5.92 Å². The topological polar surface area (TPSA) is 59.6 Å². The number of carbonyl (C=O) groups excluding carboxylic acids is 2. The van der Waals surface area contributed by atoms with E-state index in [1.54, 1.807) is 0 Å². The summed E-state index contributed by atoms with van der Waals surface area (Å²) in [5.41, 5.74) is 1.31. The lowest BCUT2D eigenvalue weighted by atomic mass is 9.81. The van der Waals surface area contributed by atoms with E-state index in [-0.39, 0.29) is 11.8 Å². The molecule has 0 unspecified atom stereocenters. The molecule has 2 amide bonds. The van der Waals surface area contributed by atoms with Gasteiger partial charge in [-0.05, 0) is 43.0 Å². The van der Waals surface area contributed by atoms with Crippen LogP contribution in [0.5, 0.6) is 0 Å². The summed E-state index contributed by atoms with van der Waals surface area (Å²) in [6.45, 7) is 8.28. The van der Waals surface area contributed by atoms with Crippen molar-refractivity contribution in [2.45, 2.75) is 32.2 Å². The molecule has 150 valence electrons. The number of likely N-dealkylation sites (tertiary alicyclic amines) is 1. The van der Waals surface area contributed by atoms with Gasteiger partial charge in [-0.25, -0.2) is 0 Å². The Morgan fingerprint density at radius 1 is 1.14 bits per heavy atom. The summed E-state index contributed by atoms with van der Waals surface area (Å²) in [5.74, 6) is 0.797. The molecule has 2 aromatic rings. The number of likely N-dealkylation sites (N-methyl/N-ethyl adjacent to an activating group) is 1. The van der Waals surface area contributed by atoms with Gasteiger partial charge >= 0.3 is 0 Å². The lowest BCUT2D eigenvalue weighted by Crippen LogP contribution is -2.68. The Morgan fingerprint density at radius 3 is 2.61 bits per heavy atom. The van der Waals surface area contributed by atoms with Gasteiger partial charge in [0.1, 0.15) is 5.54 Å². The van der Waals surface area contributed by atoms with E-state index in [0.29, 0.717) is 37.4 Å². The van der Waals surface area contributed by atoms with Crippen molar-refractivity contribution in [2.24, 2.45) is 5.92 Å². The van der Waals surface area contributed by atoms with E-state index >= 15 is 0 Å². The van der Waals surface area contributed by atoms with Gasteiger partial charge in [0, 0.05) is 62.4 Å². The number of rotatable bonds is 3. The number of aromatic nitrogens is 1. The summed E-state index contributed by atoms with van der Waals surface area (Å²) in [7, 11) is 1.90. The molecule has 2 saturated heterocycles. The number of nitrogens with zero attached hydrogens (tertiary/aromatic N) is 3. The summed E-state index contributed by atoms with van der Waals surface area (Å²) in [6.07, 6.45) is 3.31. The van der Waals surface area contributed by atoms with Crippen molar-refractivity contribution in [3.05, 3.63) is 36.0 Å². The SMILES string of the molecule is CC(C)CN1CCN(C)C(=O)C12CCN(C(=O)c1ccc3[nH]ccc3c1)CC2. The molecule has 1 aromatic heterocycles. The third-order valence-corrected chi connectivity index (χ3v) is 6.32. The minimum Gasteiger partial charge on any atom is -0.361 e. The van der Waals surface area contributed by atoms with Gasteiger partial charge in [-0.15, -0.1) is 0 Å². The first-order valence-electron chi connectivity index (χ1n) is 10.3. The van der Waals surface area contributed by atoms with Crippen LogP contribution in [0.15, 0.2) is 30.5 Å². The third kappa shape index (κ3) is 3.20. The molecule has 1 aromatic carbocycles. The van der Waals surface area contributed by atoms with Gasteiger partial charge in [0.2, 0.25) is 5.91 Å². The van der Waals surface area contributed by atoms with E-state index in [9.17, 15) is 9.59 Å². The van der Waals surface area contributed by atoms with Gasteiger partial charge in [0.25, 0.3) is 5.91 Å². The average molecular weight is 383 g/mol. The largest absolute Gasteiger partial charge is 0.361 e. The Balaban J connectivity index is 1.51. The summed E-state index contributed by atoms with van der Waals surface area (Å²) in [4.78, 5) is 35.5. The zero-order valence-corrected chi connectivity index (χ0v) is 17.1. The summed E-state index contributed by atoms with van der Waals surface area (Å²) < 4.78 is 0. The van der Waals surface area contributed by atoms with Crippen LogP contribution in [-0.4, -0.2) is 76.8 Å². The molecule has 2 fully saturated rings. The monoisotopic (exact) mass is 382 g/mol. The zero-order chi connectivity index (χ0) is 19.9. The van der Waals surface area contributed by atoms with E-state index in [2.05, 4.69) is 23.7 Å². The Kier molecular flexibility index (Phi) is 4.91. The number of hydrogen-bond donors (Lipinski definition) is 1. The van der Waals surface area contributed by atoms with Crippen molar-refractivity contribution in [1.82, 2.24) is 19.7 Å². The number of piperidine rings is 1. The predicted octanol–water partition coefficient (Wildman–Crippen LogP) is 2.57. The molecule has 4 rings (SSSR count). The van der Waals surface area contributed by atoms with Gasteiger partial charge in [0.05, 0.1) is 0 Å². The smallest absolute Gasteiger partial charge is 0.253 e. The van der Waals surface area contributed by atoms with E-state index in [0.717, 1.165) is 30.5 Å². The standard InChI is InChI=1S/C22H30N4O2/c1-16(2)15-26-13-12-24(3)21(28)22(26)7-10-25(11-8-22)20(27)18-4-5-19-17(14-18)6-9-23-19/h4-6,9,14,16,23H,7-8,10-13,15H2,1-3H3. The fraction of sp³-hybridized carbons (Fsp3) is 0.545. The molecule has 0 atom stereocenters. The van der Waals surface area contributed by atoms with Crippen LogP contribution < -0.4 is 0 Å². The number of hydrogen-bond acceptors (Lipinski definition) is 3. The normalized spacial score (nSPS) is 20.5. The zero-order valence-electron chi connectivity index (χ0n) is 17.1. The number of piperazine rings is 1. The fourth-order valence-corrected chi connectivity index (χ4v) is 4.76. The second-order valence-corrected chi connectivity index (χ2v) is 8.67. The van der Waals surface area contributed by atoms with Crippen LogP contribution in [0.25, 0.3) is 10.9 Å². The van der Waals surface area contributed by atoms with Crippen molar-refractivity contribution < 1.29 is 9.59 Å². The molecule has 0 aliphatic carbocycles. The molecule has 3 heterocycles. The van der Waals surface area contributed by atoms with Crippen LogP contribution in [-0.2, 0) is 4.79 Å². The predicted molar refractivity (Wildman–Crippen MR) is 110 cm³/mol. The number of carbonyl (C=O) groups is 2. The Morgan fingerprint density at radius 2 is 1.89 bits per heavy atom. The molecule has 2 aliphatic rings. The summed E-state index contributed by atoms with van der Waals surface area (Å²) >= 11 is 0. The quantitative estimate of drug-likeness (QED) is 0.888. The lowest BCUT2D eigenvalue weighted by molar-refractivity contribution is -0.154. The number of benzene rings is 1. The highest BCUT2D eigenvalue weighted by Crippen LogP contribution is 2.34. The van der Waals surface area contributed by atoms with E-state index in [4.69, 9.17) is 0 Å². The van der Waals surface area contributed by atoms with Gasteiger partial charge in [-0.3, -0.25) is 14.5 Å². The van der Waals surface area contributed by atoms with Crippen LogP contribution in [0.4, 0.5) is 0 Å². The molecule has 0 bridgehead atoms. The van der Waals surface area contributed by atoms with Crippen molar-refractivity contribution in [3.8, 4) is 0 Å². The Bertz CT molecular complexity index is 880. The number of aromatic amines is 1. The van der Waals surface area contributed by atoms with Crippen LogP contribution in [0.3, 0.4) is 0 Å². The van der Waals surface area contributed by atoms with Gasteiger partial charge in [0.15, 0.2) is 0 Å². The maximum absolute atomic E-state index is 13.1. The lowest BCUT2D eigenvalue weighted by Gasteiger charge is -2.52. The first-order valence-corrected chi connectivity index (χ1v) is 10.3. The minimum absolute atomic E-state index is 0.0602. The van der Waals surface area contributed by atoms with Crippen molar-refractivity contribution >= 4 is 22.7 Å². The average Bonchev–Trinajstić information content (AvgIpc) is 3.16. The molecular weight excluding hydrogens is 352 g/mol. The Labute approximate surface area is 166 Å². The molecule has 28 heavy (non-hydrogen) atoms. The van der Waals surface area contributed by atoms with Crippen LogP contribution in [0.2, 0.25) is 0 Å². The van der Waals surface area contributed by atoms with E-state index in [1.165, 1.54) is 0 Å². The highest BCUT2D eigenvalue weighted by atomic mass is 16.2. The van der Waals surface area contributed by atoms with Crippen LogP contribution >= 0.6 is 0 Å². The van der Waals surface area contributed by atoms with Gasteiger partial charge in [-0.1, -0.05) is 13.8 Å². The van der Waals surface area contributed by atoms with Gasteiger partial charge in [-0.2, -0.15) is 0 Å². The molecule has 0 saturated carbocycles. The van der Waals surface area contributed by atoms with Crippen molar-refractivity contribution in [3.63, 3.8) is 0 Å². The van der Waals surface area contributed by atoms with Crippen molar-refractivity contribution in [2.75, 3.05) is 39.8 Å². The van der Waals surface area contributed by atoms with Gasteiger partial charge < -0.3 is 14.8 Å². The summed E-state index contributed by atoms with van der Waals surface area (Å²) in [6, 6.07) is 7.77. The molecule has 1 N–H and O–H groups in total. The molecule has 6 nitrogen and oxygen atoms in total. The number of fused-ring (bicyclic) bond motifs is 1. The van der Waals surface area contributed by atoms with E-state index in [1.807, 2.05) is 47.3 Å². The second-order valence-electron chi connectivity index (χ2n) is 8.67. The molecule has 1 spiro atoms. The fourth-order valence-electron chi connectivity index (χ4n) is 4.76.